The highest BCUT2D eigenvalue weighted by molar-refractivity contribution is 6.10. The summed E-state index contributed by atoms with van der Waals surface area (Å²) in [7, 11) is 3.08. The molecular formula is C20H20N2O3. The number of hydrogen-bond acceptors (Lipinski definition) is 4. The lowest BCUT2D eigenvalue weighted by atomic mass is 10.1. The van der Waals surface area contributed by atoms with Crippen molar-refractivity contribution in [3.8, 4) is 17.6 Å². The molecule has 0 saturated carbocycles. The van der Waals surface area contributed by atoms with E-state index in [2.05, 4.69) is 5.32 Å². The Bertz CT molecular complexity index is 864. The molecule has 5 heteroatoms. The normalized spacial score (nSPS) is 10.8. The lowest BCUT2D eigenvalue weighted by Gasteiger charge is -2.10. The number of ether oxygens (including phenoxy) is 2. The van der Waals surface area contributed by atoms with Gasteiger partial charge in [-0.2, -0.15) is 5.26 Å². The Hall–Kier alpha value is -3.26. The topological polar surface area (TPSA) is 71.3 Å². The molecule has 0 aliphatic rings. The van der Waals surface area contributed by atoms with Crippen LogP contribution in [0.15, 0.2) is 42.0 Å². The quantitative estimate of drug-likeness (QED) is 0.665. The first kappa shape index (κ1) is 18.1. The molecule has 2 aromatic carbocycles. The van der Waals surface area contributed by atoms with Gasteiger partial charge >= 0.3 is 0 Å². The minimum absolute atomic E-state index is 0.00752. The Kier molecular flexibility index (Phi) is 5.80. The summed E-state index contributed by atoms with van der Waals surface area (Å²) < 4.78 is 10.4. The number of anilines is 1. The van der Waals surface area contributed by atoms with E-state index in [-0.39, 0.29) is 5.57 Å². The lowest BCUT2D eigenvalue weighted by molar-refractivity contribution is -0.112. The zero-order chi connectivity index (χ0) is 18.4. The highest BCUT2D eigenvalue weighted by Crippen LogP contribution is 2.28. The fourth-order valence-corrected chi connectivity index (χ4v) is 2.33. The van der Waals surface area contributed by atoms with Crippen LogP contribution in [0.4, 0.5) is 5.69 Å². The van der Waals surface area contributed by atoms with E-state index in [1.54, 1.807) is 25.3 Å². The predicted molar refractivity (Wildman–Crippen MR) is 97.7 cm³/mol. The Morgan fingerprint density at radius 2 is 1.84 bits per heavy atom. The van der Waals surface area contributed by atoms with Gasteiger partial charge in [0.25, 0.3) is 5.91 Å². The number of hydrogen-bond donors (Lipinski definition) is 1. The number of methoxy groups -OCH3 is 2. The Morgan fingerprint density at radius 3 is 2.48 bits per heavy atom. The molecule has 0 aliphatic heterocycles. The molecule has 0 bridgehead atoms. The summed E-state index contributed by atoms with van der Waals surface area (Å²) in [6, 6.07) is 12.8. The number of aryl methyl sites for hydroxylation is 1. The molecule has 2 aromatic rings. The molecule has 0 aromatic heterocycles. The van der Waals surface area contributed by atoms with E-state index >= 15 is 0 Å². The van der Waals surface area contributed by atoms with E-state index < -0.39 is 5.91 Å². The monoisotopic (exact) mass is 336 g/mol. The number of benzene rings is 2. The van der Waals surface area contributed by atoms with Gasteiger partial charge in [-0.3, -0.25) is 4.79 Å². The summed E-state index contributed by atoms with van der Waals surface area (Å²) in [4.78, 5) is 12.4. The molecule has 0 fully saturated rings. The SMILES string of the molecule is COc1ccc(C=C(C#N)C(=O)Nc2cccc(C)c2C)cc1OC. The summed E-state index contributed by atoms with van der Waals surface area (Å²) >= 11 is 0. The summed E-state index contributed by atoms with van der Waals surface area (Å²) in [5, 5.41) is 12.1. The van der Waals surface area contributed by atoms with Gasteiger partial charge in [0.15, 0.2) is 11.5 Å². The van der Waals surface area contributed by atoms with Crippen LogP contribution in [0.1, 0.15) is 16.7 Å². The largest absolute Gasteiger partial charge is 0.493 e. The molecule has 1 N–H and O–H groups in total. The number of amides is 1. The lowest BCUT2D eigenvalue weighted by Crippen LogP contribution is -2.14. The third-order valence-corrected chi connectivity index (χ3v) is 3.94. The molecule has 5 nitrogen and oxygen atoms in total. The smallest absolute Gasteiger partial charge is 0.266 e. The van der Waals surface area contributed by atoms with Gasteiger partial charge in [-0.05, 0) is 54.8 Å². The van der Waals surface area contributed by atoms with E-state index in [0.29, 0.717) is 22.7 Å². The van der Waals surface area contributed by atoms with Crippen molar-refractivity contribution < 1.29 is 14.3 Å². The van der Waals surface area contributed by atoms with Crippen molar-refractivity contribution in [1.29, 1.82) is 5.26 Å². The molecule has 0 saturated heterocycles. The Morgan fingerprint density at radius 1 is 1.12 bits per heavy atom. The first-order chi connectivity index (χ1) is 12.0. The van der Waals surface area contributed by atoms with Gasteiger partial charge < -0.3 is 14.8 Å². The highest BCUT2D eigenvalue weighted by atomic mass is 16.5. The van der Waals surface area contributed by atoms with E-state index in [1.807, 2.05) is 38.1 Å². The minimum atomic E-state index is -0.453. The van der Waals surface area contributed by atoms with Crippen molar-refractivity contribution in [3.63, 3.8) is 0 Å². The first-order valence-corrected chi connectivity index (χ1v) is 7.71. The number of rotatable bonds is 5. The van der Waals surface area contributed by atoms with Crippen molar-refractivity contribution in [2.24, 2.45) is 0 Å². The molecule has 2 rings (SSSR count). The zero-order valence-electron chi connectivity index (χ0n) is 14.7. The number of nitriles is 1. The van der Waals surface area contributed by atoms with Gasteiger partial charge in [0.1, 0.15) is 11.6 Å². The molecule has 1 amide bonds. The van der Waals surface area contributed by atoms with Crippen molar-refractivity contribution in [1.82, 2.24) is 0 Å². The van der Waals surface area contributed by atoms with Crippen LogP contribution in [0.2, 0.25) is 0 Å². The maximum Gasteiger partial charge on any atom is 0.266 e. The maximum absolute atomic E-state index is 12.4. The second-order valence-corrected chi connectivity index (χ2v) is 5.49. The molecule has 0 aliphatic carbocycles. The molecule has 128 valence electrons. The zero-order valence-corrected chi connectivity index (χ0v) is 14.7. The van der Waals surface area contributed by atoms with Gasteiger partial charge in [-0.25, -0.2) is 0 Å². The van der Waals surface area contributed by atoms with Gasteiger partial charge in [0.05, 0.1) is 14.2 Å². The van der Waals surface area contributed by atoms with E-state index in [0.717, 1.165) is 11.1 Å². The molecule has 25 heavy (non-hydrogen) atoms. The molecule has 0 radical (unpaired) electrons. The Balaban J connectivity index is 2.29. The van der Waals surface area contributed by atoms with Crippen LogP contribution in [0.5, 0.6) is 11.5 Å². The molecule has 0 atom stereocenters. The third-order valence-electron chi connectivity index (χ3n) is 3.94. The standard InChI is InChI=1S/C20H20N2O3/c1-13-6-5-7-17(14(13)2)22-20(23)16(12-21)10-15-8-9-18(24-3)19(11-15)25-4/h5-11H,1-4H3,(H,22,23). The molecular weight excluding hydrogens is 316 g/mol. The second kappa shape index (κ2) is 8.02. The van der Waals surface area contributed by atoms with Crippen LogP contribution in [0.25, 0.3) is 6.08 Å². The summed E-state index contributed by atoms with van der Waals surface area (Å²) in [5.74, 6) is 0.660. The average molecular weight is 336 g/mol. The highest BCUT2D eigenvalue weighted by Gasteiger charge is 2.12. The Labute approximate surface area is 147 Å². The molecule has 0 unspecified atom stereocenters. The first-order valence-electron chi connectivity index (χ1n) is 7.71. The fraction of sp³-hybridized carbons (Fsp3) is 0.200. The number of carbonyl (C=O) groups excluding carboxylic acids is 1. The minimum Gasteiger partial charge on any atom is -0.493 e. The third kappa shape index (κ3) is 4.18. The van der Waals surface area contributed by atoms with Crippen molar-refractivity contribution in [2.75, 3.05) is 19.5 Å². The van der Waals surface area contributed by atoms with Gasteiger partial charge in [-0.1, -0.05) is 18.2 Å². The van der Waals surface area contributed by atoms with E-state index in [9.17, 15) is 10.1 Å². The summed E-state index contributed by atoms with van der Waals surface area (Å²) in [6.45, 7) is 3.89. The molecule has 0 spiro atoms. The second-order valence-electron chi connectivity index (χ2n) is 5.49. The fourth-order valence-electron chi connectivity index (χ4n) is 2.33. The van der Waals surface area contributed by atoms with Crippen molar-refractivity contribution in [3.05, 3.63) is 58.7 Å². The average Bonchev–Trinajstić information content (AvgIpc) is 2.63. The summed E-state index contributed by atoms with van der Waals surface area (Å²) in [5.41, 5.74) is 3.41. The van der Waals surface area contributed by atoms with Crippen molar-refractivity contribution >= 4 is 17.7 Å². The van der Waals surface area contributed by atoms with Crippen LogP contribution in [-0.2, 0) is 4.79 Å². The predicted octanol–water partition coefficient (Wildman–Crippen LogP) is 3.87. The number of nitrogens with zero attached hydrogens (tertiary/aromatic N) is 1. The van der Waals surface area contributed by atoms with E-state index in [4.69, 9.17) is 9.47 Å². The number of nitrogens with one attached hydrogen (secondary N) is 1. The van der Waals surface area contributed by atoms with Crippen LogP contribution in [0, 0.1) is 25.2 Å². The van der Waals surface area contributed by atoms with Gasteiger partial charge in [0, 0.05) is 5.69 Å². The molecule has 0 heterocycles. The van der Waals surface area contributed by atoms with Crippen LogP contribution >= 0.6 is 0 Å². The van der Waals surface area contributed by atoms with E-state index in [1.165, 1.54) is 13.2 Å². The number of carbonyl (C=O) groups is 1. The van der Waals surface area contributed by atoms with Crippen LogP contribution in [-0.4, -0.2) is 20.1 Å². The van der Waals surface area contributed by atoms with Crippen LogP contribution < -0.4 is 14.8 Å². The van der Waals surface area contributed by atoms with Crippen molar-refractivity contribution in [2.45, 2.75) is 13.8 Å². The van der Waals surface area contributed by atoms with Gasteiger partial charge in [-0.15, -0.1) is 0 Å². The maximum atomic E-state index is 12.4. The van der Waals surface area contributed by atoms with Crippen LogP contribution in [0.3, 0.4) is 0 Å². The summed E-state index contributed by atoms with van der Waals surface area (Å²) in [6.07, 6.45) is 1.52. The van der Waals surface area contributed by atoms with Gasteiger partial charge in [0.2, 0.25) is 0 Å².